The van der Waals surface area contributed by atoms with Crippen LogP contribution in [0.2, 0.25) is 0 Å². The summed E-state index contributed by atoms with van der Waals surface area (Å²) in [7, 11) is -4.62. The highest BCUT2D eigenvalue weighted by atomic mass is 32.2. The van der Waals surface area contributed by atoms with Crippen LogP contribution in [-0.2, 0) is 38.3 Å². The number of aliphatic hydroxyl groups is 1. The summed E-state index contributed by atoms with van der Waals surface area (Å²) in [5.74, 6) is -0.264. The molecule has 3 heterocycles. The van der Waals surface area contributed by atoms with Gasteiger partial charge in [0.2, 0.25) is 5.91 Å². The van der Waals surface area contributed by atoms with Crippen molar-refractivity contribution in [3.8, 4) is 5.75 Å². The minimum Gasteiger partial charge on any atom is -0.488 e. The van der Waals surface area contributed by atoms with Gasteiger partial charge in [0.25, 0.3) is 20.0 Å². The summed E-state index contributed by atoms with van der Waals surface area (Å²) in [5, 5.41) is 11.4. The zero-order valence-electron chi connectivity index (χ0n) is 22.6. The van der Waals surface area contributed by atoms with Crippen LogP contribution in [0.15, 0.2) is 57.5 Å². The van der Waals surface area contributed by atoms with Crippen molar-refractivity contribution in [2.75, 3.05) is 31.5 Å². The maximum absolute atomic E-state index is 13.4. The Labute approximate surface area is 238 Å². The molecule has 0 fully saturated rings. The first-order chi connectivity index (χ1) is 18.8. The number of ether oxygens (including phenoxy) is 1. The van der Waals surface area contributed by atoms with Gasteiger partial charge in [0.1, 0.15) is 16.1 Å². The largest absolute Gasteiger partial charge is 0.488 e. The number of anilines is 1. The van der Waals surface area contributed by atoms with Gasteiger partial charge in [0.05, 0.1) is 31.9 Å². The smallest absolute Gasteiger partial charge is 0.271 e. The molecule has 2 N–H and O–H groups in total. The number of likely N-dealkylation sites (N-methyl/N-ethyl adjacent to an activating group) is 1. The van der Waals surface area contributed by atoms with Gasteiger partial charge >= 0.3 is 0 Å². The molecule has 3 aromatic rings. The average molecular weight is 612 g/mol. The molecule has 12 nitrogen and oxygen atoms in total. The molecule has 1 aliphatic heterocycles. The first kappa shape index (κ1) is 30.0. The highest BCUT2D eigenvalue weighted by Gasteiger charge is 2.34. The van der Waals surface area contributed by atoms with Gasteiger partial charge in [-0.25, -0.2) is 21.8 Å². The van der Waals surface area contributed by atoms with Crippen molar-refractivity contribution < 1.29 is 31.5 Å². The Balaban J connectivity index is 1.68. The predicted molar refractivity (Wildman–Crippen MR) is 150 cm³/mol. The third kappa shape index (κ3) is 6.49. The Bertz CT molecular complexity index is 1550. The summed E-state index contributed by atoms with van der Waals surface area (Å²) in [6.45, 7) is 3.50. The number of sulfonamides is 2. The van der Waals surface area contributed by atoms with E-state index >= 15 is 0 Å². The Morgan fingerprint density at radius 1 is 1.27 bits per heavy atom. The number of rotatable bonds is 9. The summed E-state index contributed by atoms with van der Waals surface area (Å²) < 4.78 is 63.7. The molecule has 0 aliphatic carbocycles. The van der Waals surface area contributed by atoms with Crippen molar-refractivity contribution in [1.82, 2.24) is 18.8 Å². The van der Waals surface area contributed by atoms with Crippen LogP contribution in [-0.4, -0.2) is 85.5 Å². The maximum atomic E-state index is 13.4. The minimum atomic E-state index is -3.92. The number of thiophene rings is 1. The number of carbonyl (C=O) groups is 1. The van der Waals surface area contributed by atoms with Crippen LogP contribution in [0.1, 0.15) is 19.4 Å². The Morgan fingerprint density at radius 3 is 2.65 bits per heavy atom. The lowest BCUT2D eigenvalue weighted by molar-refractivity contribution is -0.134. The van der Waals surface area contributed by atoms with Gasteiger partial charge in [0, 0.05) is 44.0 Å². The normalized spacial score (nSPS) is 19.4. The number of fused-ring (bicyclic) bond motifs is 1. The number of aromatic nitrogens is 2. The van der Waals surface area contributed by atoms with Crippen molar-refractivity contribution in [3.63, 3.8) is 0 Å². The summed E-state index contributed by atoms with van der Waals surface area (Å²) >= 11 is 1.08. The number of aryl methyl sites for hydroxylation is 1. The zero-order chi connectivity index (χ0) is 29.2. The van der Waals surface area contributed by atoms with Crippen LogP contribution in [0.4, 0.5) is 5.69 Å². The summed E-state index contributed by atoms with van der Waals surface area (Å²) in [6, 6.07) is 7.30. The first-order valence-corrected chi connectivity index (χ1v) is 16.3. The Morgan fingerprint density at radius 2 is 2.02 bits per heavy atom. The van der Waals surface area contributed by atoms with Crippen LogP contribution in [0.25, 0.3) is 0 Å². The van der Waals surface area contributed by atoms with Crippen molar-refractivity contribution in [2.24, 2.45) is 13.0 Å². The molecule has 0 radical (unpaired) electrons. The molecule has 0 unspecified atom stereocenters. The molecule has 218 valence electrons. The van der Waals surface area contributed by atoms with Gasteiger partial charge < -0.3 is 19.3 Å². The predicted octanol–water partition coefficient (Wildman–Crippen LogP) is 1.75. The molecule has 0 saturated carbocycles. The number of amides is 1. The molecule has 40 heavy (non-hydrogen) atoms. The molecule has 2 aromatic heterocycles. The molecule has 0 saturated heterocycles. The number of imidazole rings is 1. The van der Waals surface area contributed by atoms with Crippen LogP contribution in [0, 0.1) is 5.92 Å². The van der Waals surface area contributed by atoms with Gasteiger partial charge in [-0.05, 0) is 36.6 Å². The standard InChI is InChI=1S/C25H33N5O7S3/c1-17-12-30(18(2)15-31)24(32)11-19-10-20(27-39(33,34)25-6-5-9-38-25)7-8-21(19)37-22(17)13-29(4)40(35,36)23-14-28(3)16-26-23/h5-10,14,16-18,22,27,31H,11-13,15H2,1-4H3/t17-,18+,22-/m0/s1. The molecule has 4 rings (SSSR count). The fourth-order valence-corrected chi connectivity index (χ4v) is 7.55. The first-order valence-electron chi connectivity index (χ1n) is 12.5. The number of hydrogen-bond acceptors (Lipinski definition) is 9. The highest BCUT2D eigenvalue weighted by molar-refractivity contribution is 7.94. The number of nitrogens with zero attached hydrogens (tertiary/aromatic N) is 4. The van der Waals surface area contributed by atoms with E-state index in [1.807, 2.05) is 6.92 Å². The Kier molecular flexibility index (Phi) is 8.89. The Hall–Kier alpha value is -2.98. The van der Waals surface area contributed by atoms with E-state index in [2.05, 4.69) is 9.71 Å². The molecular weight excluding hydrogens is 579 g/mol. The average Bonchev–Trinajstić information content (AvgIpc) is 3.60. The number of nitrogens with one attached hydrogen (secondary N) is 1. The van der Waals surface area contributed by atoms with Gasteiger partial charge in [0.15, 0.2) is 5.03 Å². The summed E-state index contributed by atoms with van der Waals surface area (Å²) in [4.78, 5) is 18.9. The van der Waals surface area contributed by atoms with Gasteiger partial charge in [-0.1, -0.05) is 13.0 Å². The molecule has 15 heteroatoms. The number of carbonyl (C=O) groups excluding carboxylic acids is 1. The van der Waals surface area contributed by atoms with E-state index in [1.165, 1.54) is 36.0 Å². The fraction of sp³-hybridized carbons (Fsp3) is 0.440. The summed E-state index contributed by atoms with van der Waals surface area (Å²) in [5.41, 5.74) is 0.685. The van der Waals surface area contributed by atoms with Gasteiger partial charge in [-0.2, -0.15) is 4.31 Å². The zero-order valence-corrected chi connectivity index (χ0v) is 25.0. The SMILES string of the molecule is C[C@H](CO)N1C[C@H](C)[C@H](CN(C)S(=O)(=O)c2cn(C)cn2)Oc2ccc(NS(=O)(=O)c3cccs3)cc2CC1=O. The van der Waals surface area contributed by atoms with Crippen molar-refractivity contribution in [2.45, 2.75) is 41.6 Å². The molecule has 0 spiro atoms. The van der Waals surface area contributed by atoms with Crippen molar-refractivity contribution >= 4 is 43.0 Å². The lowest BCUT2D eigenvalue weighted by Crippen LogP contribution is -2.48. The van der Waals surface area contributed by atoms with E-state index in [9.17, 15) is 26.7 Å². The van der Waals surface area contributed by atoms with Crippen LogP contribution in [0.5, 0.6) is 5.75 Å². The molecule has 1 amide bonds. The number of aliphatic hydroxyl groups excluding tert-OH is 1. The van der Waals surface area contributed by atoms with E-state index in [4.69, 9.17) is 4.74 Å². The fourth-order valence-electron chi connectivity index (χ4n) is 4.37. The van der Waals surface area contributed by atoms with Crippen LogP contribution >= 0.6 is 11.3 Å². The van der Waals surface area contributed by atoms with Crippen LogP contribution in [0.3, 0.4) is 0 Å². The van der Waals surface area contributed by atoms with Crippen molar-refractivity contribution in [1.29, 1.82) is 0 Å². The molecule has 3 atom stereocenters. The number of hydrogen-bond donors (Lipinski definition) is 2. The van der Waals surface area contributed by atoms with E-state index in [-0.39, 0.29) is 52.9 Å². The van der Waals surface area contributed by atoms with E-state index in [0.717, 1.165) is 11.3 Å². The topological polar surface area (TPSA) is 151 Å². The molecule has 1 aliphatic rings. The monoisotopic (exact) mass is 611 g/mol. The third-order valence-corrected chi connectivity index (χ3v) is 11.2. The quantitative estimate of drug-likeness (QED) is 0.372. The second kappa shape index (κ2) is 11.9. The van der Waals surface area contributed by atoms with E-state index in [1.54, 1.807) is 47.0 Å². The second-order valence-electron chi connectivity index (χ2n) is 9.91. The summed E-state index contributed by atoms with van der Waals surface area (Å²) in [6.07, 6.45) is 2.03. The second-order valence-corrected chi connectivity index (χ2v) is 14.8. The maximum Gasteiger partial charge on any atom is 0.271 e. The number of benzene rings is 1. The third-order valence-electron chi connectivity index (χ3n) is 6.72. The highest BCUT2D eigenvalue weighted by Crippen LogP contribution is 2.31. The lowest BCUT2D eigenvalue weighted by atomic mass is 10.0. The van der Waals surface area contributed by atoms with Gasteiger partial charge in [-0.15, -0.1) is 11.3 Å². The van der Waals surface area contributed by atoms with E-state index < -0.39 is 32.2 Å². The molecule has 0 bridgehead atoms. The van der Waals surface area contributed by atoms with Gasteiger partial charge in [-0.3, -0.25) is 9.52 Å². The van der Waals surface area contributed by atoms with Crippen molar-refractivity contribution in [3.05, 3.63) is 53.8 Å². The lowest BCUT2D eigenvalue weighted by Gasteiger charge is -2.33. The minimum absolute atomic E-state index is 0.0399. The molecular formula is C25H33N5O7S3. The van der Waals surface area contributed by atoms with Crippen LogP contribution < -0.4 is 9.46 Å². The van der Waals surface area contributed by atoms with E-state index in [0.29, 0.717) is 11.3 Å². The molecule has 1 aromatic carbocycles.